The van der Waals surface area contributed by atoms with Crippen LogP contribution in [0.2, 0.25) is 0 Å². The maximum atomic E-state index is 13.6. The van der Waals surface area contributed by atoms with Crippen molar-refractivity contribution in [1.82, 2.24) is 0 Å². The maximum Gasteiger partial charge on any atom is 0.371 e. The molecule has 0 amide bonds. The Labute approximate surface area is 116 Å². The quantitative estimate of drug-likeness (QED) is 0.649. The largest absolute Gasteiger partial charge is 0.475 e. The van der Waals surface area contributed by atoms with Crippen LogP contribution in [-0.2, 0) is 6.54 Å². The number of carboxylic acid groups (broad SMARTS) is 1. The Morgan fingerprint density at radius 2 is 2.10 bits per heavy atom. The lowest BCUT2D eigenvalue weighted by Crippen LogP contribution is -2.05. The fourth-order valence-electron chi connectivity index (χ4n) is 1.64. The van der Waals surface area contributed by atoms with Gasteiger partial charge in [0.2, 0.25) is 5.76 Å². The molecule has 9 heteroatoms. The van der Waals surface area contributed by atoms with E-state index in [0.29, 0.717) is 12.1 Å². The Kier molecular flexibility index (Phi) is 3.83. The minimum Gasteiger partial charge on any atom is -0.475 e. The highest BCUT2D eigenvalue weighted by molar-refractivity contribution is 5.84. The molecule has 0 aliphatic carbocycles. The molecule has 0 atom stereocenters. The Hall–Kier alpha value is -2.97. The summed E-state index contributed by atoms with van der Waals surface area (Å²) >= 11 is 0. The molecule has 1 aromatic carbocycles. The summed E-state index contributed by atoms with van der Waals surface area (Å²) in [7, 11) is 0. The van der Waals surface area contributed by atoms with Crippen molar-refractivity contribution in [1.29, 1.82) is 0 Å². The molecule has 0 aliphatic rings. The van der Waals surface area contributed by atoms with Gasteiger partial charge in [-0.3, -0.25) is 10.1 Å². The monoisotopic (exact) mass is 298 g/mol. The van der Waals surface area contributed by atoms with E-state index in [-0.39, 0.29) is 18.1 Å². The molecule has 0 bridgehead atoms. The van der Waals surface area contributed by atoms with Crippen LogP contribution in [0.5, 0.6) is 0 Å². The number of nitro benzene ring substituents is 1. The van der Waals surface area contributed by atoms with Gasteiger partial charge in [0.15, 0.2) is 5.82 Å². The number of aromatic carboxylic acids is 1. The first-order valence-electron chi connectivity index (χ1n) is 5.58. The van der Waals surface area contributed by atoms with Crippen molar-refractivity contribution in [2.24, 2.45) is 0 Å². The zero-order valence-corrected chi connectivity index (χ0v) is 10.3. The number of nitro groups is 1. The number of carbonyl (C=O) groups is 1. The van der Waals surface area contributed by atoms with Gasteiger partial charge in [-0.2, -0.15) is 0 Å². The Morgan fingerprint density at radius 1 is 1.38 bits per heavy atom. The van der Waals surface area contributed by atoms with Gasteiger partial charge in [0.1, 0.15) is 17.3 Å². The van der Waals surface area contributed by atoms with Crippen molar-refractivity contribution < 1.29 is 28.0 Å². The zero-order chi connectivity index (χ0) is 15.6. The molecule has 2 N–H and O–H groups in total. The van der Waals surface area contributed by atoms with E-state index in [9.17, 15) is 23.7 Å². The number of nitrogens with zero attached hydrogens (tertiary/aromatic N) is 1. The molecule has 0 aliphatic heterocycles. The highest BCUT2D eigenvalue weighted by atomic mass is 19.1. The summed E-state index contributed by atoms with van der Waals surface area (Å²) < 4.78 is 31.4. The van der Waals surface area contributed by atoms with Crippen molar-refractivity contribution in [2.75, 3.05) is 5.32 Å². The van der Waals surface area contributed by atoms with Gasteiger partial charge in [-0.1, -0.05) is 0 Å². The Morgan fingerprint density at radius 3 is 2.67 bits per heavy atom. The molecule has 0 saturated heterocycles. The SMILES string of the molecule is O=C(O)c1ccc(CNc2c(F)cc(F)cc2[N+](=O)[O-])o1. The number of carboxylic acids is 1. The van der Waals surface area contributed by atoms with Gasteiger partial charge in [0, 0.05) is 6.07 Å². The standard InChI is InChI=1S/C12H8F2N2O5/c13-6-3-8(14)11(9(4-6)16(19)20)15-5-7-1-2-10(21-7)12(17)18/h1-4,15H,5H2,(H,17,18). The molecule has 1 aromatic heterocycles. The number of furan rings is 1. The third kappa shape index (κ3) is 3.14. The molecule has 7 nitrogen and oxygen atoms in total. The van der Waals surface area contributed by atoms with Crippen molar-refractivity contribution in [3.8, 4) is 0 Å². The summed E-state index contributed by atoms with van der Waals surface area (Å²) in [5, 5.41) is 21.8. The van der Waals surface area contributed by atoms with E-state index in [1.807, 2.05) is 0 Å². The second-order valence-corrected chi connectivity index (χ2v) is 3.96. The van der Waals surface area contributed by atoms with E-state index >= 15 is 0 Å². The fourth-order valence-corrected chi connectivity index (χ4v) is 1.64. The molecule has 2 aromatic rings. The Balaban J connectivity index is 2.23. The van der Waals surface area contributed by atoms with Crippen LogP contribution in [0.4, 0.5) is 20.2 Å². The summed E-state index contributed by atoms with van der Waals surface area (Å²) in [4.78, 5) is 20.4. The fraction of sp³-hybridized carbons (Fsp3) is 0.0833. The summed E-state index contributed by atoms with van der Waals surface area (Å²) in [6.45, 7) is -0.198. The number of hydrogen-bond donors (Lipinski definition) is 2. The first-order valence-corrected chi connectivity index (χ1v) is 5.58. The number of halogens is 2. The van der Waals surface area contributed by atoms with Gasteiger partial charge >= 0.3 is 5.97 Å². The van der Waals surface area contributed by atoms with Crippen LogP contribution in [-0.4, -0.2) is 16.0 Å². The van der Waals surface area contributed by atoms with Crippen molar-refractivity contribution >= 4 is 17.3 Å². The molecular weight excluding hydrogens is 290 g/mol. The molecule has 2 rings (SSSR count). The average molecular weight is 298 g/mol. The maximum absolute atomic E-state index is 13.6. The molecule has 0 radical (unpaired) electrons. The lowest BCUT2D eigenvalue weighted by molar-refractivity contribution is -0.384. The minimum atomic E-state index is -1.28. The third-order valence-electron chi connectivity index (χ3n) is 2.54. The second kappa shape index (κ2) is 5.57. The van der Waals surface area contributed by atoms with Gasteiger partial charge < -0.3 is 14.8 Å². The van der Waals surface area contributed by atoms with Gasteiger partial charge in [-0.05, 0) is 12.1 Å². The van der Waals surface area contributed by atoms with Gasteiger partial charge in [-0.25, -0.2) is 13.6 Å². The topological polar surface area (TPSA) is 106 Å². The third-order valence-corrected chi connectivity index (χ3v) is 2.54. The first-order chi connectivity index (χ1) is 9.88. The van der Waals surface area contributed by atoms with Gasteiger partial charge in [0.25, 0.3) is 5.69 Å². The molecule has 21 heavy (non-hydrogen) atoms. The van der Waals surface area contributed by atoms with Crippen LogP contribution >= 0.6 is 0 Å². The van der Waals surface area contributed by atoms with Crippen LogP contribution in [0.25, 0.3) is 0 Å². The van der Waals surface area contributed by atoms with Crippen LogP contribution < -0.4 is 5.32 Å². The number of rotatable bonds is 5. The molecule has 0 saturated carbocycles. The first kappa shape index (κ1) is 14.4. The number of nitrogens with one attached hydrogen (secondary N) is 1. The molecule has 1 heterocycles. The second-order valence-electron chi connectivity index (χ2n) is 3.96. The van der Waals surface area contributed by atoms with E-state index in [1.165, 1.54) is 12.1 Å². The predicted octanol–water partition coefficient (Wildman–Crippen LogP) is 2.78. The smallest absolute Gasteiger partial charge is 0.371 e. The molecule has 0 fully saturated rings. The Bertz CT molecular complexity index is 714. The average Bonchev–Trinajstić information content (AvgIpc) is 2.85. The van der Waals surface area contributed by atoms with E-state index in [0.717, 1.165) is 0 Å². The summed E-state index contributed by atoms with van der Waals surface area (Å²) in [6.07, 6.45) is 0. The minimum absolute atomic E-state index is 0.130. The lowest BCUT2D eigenvalue weighted by atomic mass is 10.2. The van der Waals surface area contributed by atoms with Crippen LogP contribution in [0.1, 0.15) is 16.3 Å². The van der Waals surface area contributed by atoms with E-state index in [1.54, 1.807) is 0 Å². The van der Waals surface area contributed by atoms with Crippen LogP contribution in [0.15, 0.2) is 28.7 Å². The summed E-state index contributed by atoms with van der Waals surface area (Å²) in [6, 6.07) is 3.59. The van der Waals surface area contributed by atoms with Crippen molar-refractivity contribution in [2.45, 2.75) is 6.54 Å². The highest BCUT2D eigenvalue weighted by Gasteiger charge is 2.20. The van der Waals surface area contributed by atoms with Crippen molar-refractivity contribution in [3.63, 3.8) is 0 Å². The van der Waals surface area contributed by atoms with Crippen molar-refractivity contribution in [3.05, 3.63) is 57.5 Å². The number of hydrogen-bond acceptors (Lipinski definition) is 5. The van der Waals surface area contributed by atoms with E-state index < -0.39 is 33.9 Å². The van der Waals surface area contributed by atoms with E-state index in [2.05, 4.69) is 5.32 Å². The van der Waals surface area contributed by atoms with Crippen LogP contribution in [0.3, 0.4) is 0 Å². The van der Waals surface area contributed by atoms with E-state index in [4.69, 9.17) is 9.52 Å². The predicted molar refractivity (Wildman–Crippen MR) is 66.0 cm³/mol. The number of benzene rings is 1. The van der Waals surface area contributed by atoms with Crippen LogP contribution in [0, 0.1) is 21.7 Å². The highest BCUT2D eigenvalue weighted by Crippen LogP contribution is 2.29. The van der Waals surface area contributed by atoms with Gasteiger partial charge in [0.05, 0.1) is 17.5 Å². The lowest BCUT2D eigenvalue weighted by Gasteiger charge is -2.07. The van der Waals surface area contributed by atoms with Gasteiger partial charge in [-0.15, -0.1) is 0 Å². The molecule has 0 spiro atoms. The molecular formula is C12H8F2N2O5. The normalized spacial score (nSPS) is 10.4. The molecule has 0 unspecified atom stereocenters. The summed E-state index contributed by atoms with van der Waals surface area (Å²) in [5.74, 6) is -3.67. The number of anilines is 1. The zero-order valence-electron chi connectivity index (χ0n) is 10.3. The summed E-state index contributed by atoms with van der Waals surface area (Å²) in [5.41, 5.74) is -1.27. The molecule has 110 valence electrons.